The van der Waals surface area contributed by atoms with E-state index in [0.29, 0.717) is 0 Å². The van der Waals surface area contributed by atoms with Crippen LogP contribution in [0, 0.1) is 0 Å². The van der Waals surface area contributed by atoms with Crippen molar-refractivity contribution >= 4 is 22.0 Å². The quantitative estimate of drug-likeness (QED) is 0.944. The van der Waals surface area contributed by atoms with Crippen molar-refractivity contribution in [2.75, 3.05) is 7.11 Å². The van der Waals surface area contributed by atoms with E-state index in [1.807, 2.05) is 25.1 Å². The van der Waals surface area contributed by atoms with E-state index in [-0.39, 0.29) is 12.1 Å². The van der Waals surface area contributed by atoms with E-state index in [2.05, 4.69) is 26.2 Å². The number of carbonyl (C=O) groups excluding carboxylic acids is 1. The van der Waals surface area contributed by atoms with E-state index in [0.717, 1.165) is 15.8 Å². The second-order valence-electron chi connectivity index (χ2n) is 4.04. The number of imidazole rings is 1. The predicted octanol–water partition coefficient (Wildman–Crippen LogP) is 2.97. The number of amides is 1. The fourth-order valence-corrected chi connectivity index (χ4v) is 2.23. The molecule has 0 saturated carbocycles. The van der Waals surface area contributed by atoms with E-state index in [4.69, 9.17) is 4.74 Å². The number of aromatic nitrogens is 2. The zero-order valence-electron chi connectivity index (χ0n) is 10.6. The summed E-state index contributed by atoms with van der Waals surface area (Å²) in [6, 6.07) is 5.38. The molecule has 0 aliphatic rings. The number of nitrogens with one attached hydrogen (secondary N) is 1. The molecule has 19 heavy (non-hydrogen) atoms. The van der Waals surface area contributed by atoms with Gasteiger partial charge in [-0.3, -0.25) is 4.57 Å². The lowest BCUT2D eigenvalue weighted by Gasteiger charge is -2.15. The Bertz CT molecular complexity index is 569. The van der Waals surface area contributed by atoms with Gasteiger partial charge in [0.25, 0.3) is 0 Å². The topological polar surface area (TPSA) is 56.1 Å². The number of benzene rings is 1. The Labute approximate surface area is 119 Å². The minimum absolute atomic E-state index is 0.114. The zero-order chi connectivity index (χ0) is 13.8. The summed E-state index contributed by atoms with van der Waals surface area (Å²) in [5.74, 6) is 0.761. The van der Waals surface area contributed by atoms with E-state index >= 15 is 0 Å². The van der Waals surface area contributed by atoms with Crippen molar-refractivity contribution < 1.29 is 9.53 Å². The van der Waals surface area contributed by atoms with Crippen LogP contribution in [-0.2, 0) is 0 Å². The third-order valence-electron chi connectivity index (χ3n) is 2.75. The molecule has 2 rings (SSSR count). The zero-order valence-corrected chi connectivity index (χ0v) is 12.2. The van der Waals surface area contributed by atoms with Gasteiger partial charge in [-0.2, -0.15) is 0 Å². The highest BCUT2D eigenvalue weighted by Gasteiger charge is 2.12. The van der Waals surface area contributed by atoms with Gasteiger partial charge in [-0.05, 0) is 40.5 Å². The summed E-state index contributed by atoms with van der Waals surface area (Å²) in [6.45, 7) is 1.92. The molecule has 0 radical (unpaired) electrons. The SMILES string of the molecule is COc1ccc(C(C)NC(=O)n2ccnc2)cc1Br. The molecule has 5 nitrogen and oxygen atoms in total. The lowest BCUT2D eigenvalue weighted by molar-refractivity contribution is 0.239. The Morgan fingerprint density at radius 3 is 2.89 bits per heavy atom. The first kappa shape index (κ1) is 13.6. The summed E-state index contributed by atoms with van der Waals surface area (Å²) < 4.78 is 7.43. The highest BCUT2D eigenvalue weighted by molar-refractivity contribution is 9.10. The standard InChI is InChI=1S/C13H14BrN3O2/c1-9(16-13(18)17-6-5-15-8-17)10-3-4-12(19-2)11(14)7-10/h3-9H,1-2H3,(H,16,18). The number of methoxy groups -OCH3 is 1. The number of hydrogen-bond acceptors (Lipinski definition) is 3. The van der Waals surface area contributed by atoms with Gasteiger partial charge in [0.2, 0.25) is 0 Å². The summed E-state index contributed by atoms with van der Waals surface area (Å²) in [5, 5.41) is 2.89. The minimum Gasteiger partial charge on any atom is -0.496 e. The molecule has 1 heterocycles. The van der Waals surface area contributed by atoms with Gasteiger partial charge < -0.3 is 10.1 Å². The maximum atomic E-state index is 11.9. The molecule has 0 saturated heterocycles. The van der Waals surface area contributed by atoms with Crippen LogP contribution >= 0.6 is 15.9 Å². The fraction of sp³-hybridized carbons (Fsp3) is 0.231. The van der Waals surface area contributed by atoms with Crippen LogP contribution in [0.4, 0.5) is 4.79 Å². The molecule has 0 aliphatic carbocycles. The van der Waals surface area contributed by atoms with Gasteiger partial charge in [0.05, 0.1) is 17.6 Å². The monoisotopic (exact) mass is 323 g/mol. The third kappa shape index (κ3) is 3.14. The van der Waals surface area contributed by atoms with Crippen molar-refractivity contribution in [3.05, 3.63) is 47.0 Å². The van der Waals surface area contributed by atoms with Gasteiger partial charge in [0.15, 0.2) is 0 Å². The highest BCUT2D eigenvalue weighted by Crippen LogP contribution is 2.27. The average Bonchev–Trinajstić information content (AvgIpc) is 2.92. The van der Waals surface area contributed by atoms with Crippen LogP contribution in [0.25, 0.3) is 0 Å². The van der Waals surface area contributed by atoms with Crippen molar-refractivity contribution in [2.24, 2.45) is 0 Å². The molecule has 1 atom stereocenters. The van der Waals surface area contributed by atoms with Gasteiger partial charge in [0, 0.05) is 12.4 Å². The van der Waals surface area contributed by atoms with E-state index < -0.39 is 0 Å². The summed E-state index contributed by atoms with van der Waals surface area (Å²) >= 11 is 3.43. The van der Waals surface area contributed by atoms with Gasteiger partial charge in [0.1, 0.15) is 12.1 Å². The number of ether oxygens (including phenoxy) is 1. The van der Waals surface area contributed by atoms with Gasteiger partial charge in [-0.1, -0.05) is 6.07 Å². The molecule has 1 aromatic heterocycles. The largest absolute Gasteiger partial charge is 0.496 e. The van der Waals surface area contributed by atoms with Crippen molar-refractivity contribution in [1.29, 1.82) is 0 Å². The number of carbonyl (C=O) groups is 1. The number of nitrogens with zero attached hydrogens (tertiary/aromatic N) is 2. The molecule has 1 N–H and O–H groups in total. The molecular weight excluding hydrogens is 310 g/mol. The first-order valence-corrected chi connectivity index (χ1v) is 6.53. The number of hydrogen-bond donors (Lipinski definition) is 1. The van der Waals surface area contributed by atoms with Crippen molar-refractivity contribution in [1.82, 2.24) is 14.9 Å². The molecule has 0 spiro atoms. The van der Waals surface area contributed by atoms with Gasteiger partial charge in [-0.25, -0.2) is 9.78 Å². The molecule has 100 valence electrons. The molecule has 1 unspecified atom stereocenters. The van der Waals surface area contributed by atoms with Crippen LogP contribution in [0.2, 0.25) is 0 Å². The number of halogens is 1. The summed E-state index contributed by atoms with van der Waals surface area (Å²) in [4.78, 5) is 15.7. The van der Waals surface area contributed by atoms with Crippen LogP contribution < -0.4 is 10.1 Å². The number of rotatable bonds is 3. The van der Waals surface area contributed by atoms with Crippen molar-refractivity contribution in [3.63, 3.8) is 0 Å². The van der Waals surface area contributed by atoms with Crippen LogP contribution in [-0.4, -0.2) is 22.7 Å². The van der Waals surface area contributed by atoms with Crippen LogP contribution in [0.3, 0.4) is 0 Å². The average molecular weight is 324 g/mol. The Kier molecular flexibility index (Phi) is 4.21. The van der Waals surface area contributed by atoms with Crippen molar-refractivity contribution in [2.45, 2.75) is 13.0 Å². The first-order valence-electron chi connectivity index (χ1n) is 5.74. The van der Waals surface area contributed by atoms with E-state index in [1.54, 1.807) is 19.5 Å². The minimum atomic E-state index is -0.211. The molecule has 2 aromatic rings. The summed E-state index contributed by atoms with van der Waals surface area (Å²) in [7, 11) is 1.62. The lowest BCUT2D eigenvalue weighted by atomic mass is 10.1. The summed E-state index contributed by atoms with van der Waals surface area (Å²) in [5.41, 5.74) is 0.987. The fourth-order valence-electron chi connectivity index (χ4n) is 1.67. The summed E-state index contributed by atoms with van der Waals surface area (Å²) in [6.07, 6.45) is 4.63. The smallest absolute Gasteiger partial charge is 0.327 e. The molecule has 6 heteroatoms. The first-order chi connectivity index (χ1) is 9.11. The Hall–Kier alpha value is -1.82. The van der Waals surface area contributed by atoms with Crippen LogP contribution in [0.15, 0.2) is 41.4 Å². The molecule has 0 aliphatic heterocycles. The second kappa shape index (κ2) is 5.88. The van der Waals surface area contributed by atoms with Crippen LogP contribution in [0.5, 0.6) is 5.75 Å². The molecule has 0 bridgehead atoms. The third-order valence-corrected chi connectivity index (χ3v) is 3.37. The molecule has 1 amide bonds. The normalized spacial score (nSPS) is 11.9. The predicted molar refractivity (Wildman–Crippen MR) is 75.3 cm³/mol. The van der Waals surface area contributed by atoms with Gasteiger partial charge >= 0.3 is 6.03 Å². The van der Waals surface area contributed by atoms with Crippen molar-refractivity contribution in [3.8, 4) is 5.75 Å². The second-order valence-corrected chi connectivity index (χ2v) is 4.89. The maximum absolute atomic E-state index is 11.9. The molecular formula is C13H14BrN3O2. The Balaban J connectivity index is 2.09. The van der Waals surface area contributed by atoms with E-state index in [1.165, 1.54) is 10.9 Å². The Morgan fingerprint density at radius 1 is 1.53 bits per heavy atom. The maximum Gasteiger partial charge on any atom is 0.327 e. The Morgan fingerprint density at radius 2 is 2.32 bits per heavy atom. The molecule has 1 aromatic carbocycles. The lowest BCUT2D eigenvalue weighted by Crippen LogP contribution is -2.30. The van der Waals surface area contributed by atoms with Crippen LogP contribution in [0.1, 0.15) is 18.5 Å². The molecule has 0 fully saturated rings. The van der Waals surface area contributed by atoms with Gasteiger partial charge in [-0.15, -0.1) is 0 Å². The van der Waals surface area contributed by atoms with E-state index in [9.17, 15) is 4.79 Å². The highest BCUT2D eigenvalue weighted by atomic mass is 79.9.